The summed E-state index contributed by atoms with van der Waals surface area (Å²) >= 11 is 0. The molecule has 2 aliphatic heterocycles. The SMILES string of the molecule is CC.CC.CC.CN1CCCC2CCNC2C1=O. The molecule has 0 aromatic rings. The second-order valence-corrected chi connectivity index (χ2v) is 3.88. The van der Waals surface area contributed by atoms with E-state index in [4.69, 9.17) is 0 Å². The monoisotopic (exact) mass is 258 g/mol. The second-order valence-electron chi connectivity index (χ2n) is 3.88. The highest BCUT2D eigenvalue weighted by atomic mass is 16.2. The summed E-state index contributed by atoms with van der Waals surface area (Å²) in [4.78, 5) is 13.6. The predicted octanol–water partition coefficient (Wildman–Crippen LogP) is 3.30. The standard InChI is InChI=1S/C9H16N2O.3C2H6/c1-11-6-2-3-7-4-5-10-8(7)9(11)12;3*1-2/h7-8,10H,2-6H2,1H3;3*1-2H3. The predicted molar refractivity (Wildman–Crippen MR) is 80.8 cm³/mol. The normalized spacial score (nSPS) is 25.3. The van der Waals surface area contributed by atoms with E-state index >= 15 is 0 Å². The molecule has 0 aromatic carbocycles. The van der Waals surface area contributed by atoms with Crippen molar-refractivity contribution in [3.8, 4) is 0 Å². The zero-order valence-corrected chi connectivity index (χ0v) is 13.5. The minimum Gasteiger partial charge on any atom is -0.344 e. The van der Waals surface area contributed by atoms with Crippen LogP contribution in [0.1, 0.15) is 60.8 Å². The zero-order chi connectivity index (χ0) is 14.6. The van der Waals surface area contributed by atoms with Crippen LogP contribution in [0.15, 0.2) is 0 Å². The summed E-state index contributed by atoms with van der Waals surface area (Å²) in [5.41, 5.74) is 0. The Morgan fingerprint density at radius 3 is 2.17 bits per heavy atom. The summed E-state index contributed by atoms with van der Waals surface area (Å²) in [5, 5.41) is 3.29. The average molecular weight is 258 g/mol. The topological polar surface area (TPSA) is 32.3 Å². The highest BCUT2D eigenvalue weighted by Crippen LogP contribution is 2.25. The van der Waals surface area contributed by atoms with E-state index < -0.39 is 0 Å². The van der Waals surface area contributed by atoms with Gasteiger partial charge in [-0.3, -0.25) is 4.79 Å². The van der Waals surface area contributed by atoms with Gasteiger partial charge in [-0.25, -0.2) is 0 Å². The molecule has 3 nitrogen and oxygen atoms in total. The molecule has 2 unspecified atom stereocenters. The highest BCUT2D eigenvalue weighted by Gasteiger charge is 2.35. The number of nitrogens with one attached hydrogen (secondary N) is 1. The molecule has 2 aliphatic rings. The van der Waals surface area contributed by atoms with Gasteiger partial charge >= 0.3 is 0 Å². The first-order chi connectivity index (χ1) is 8.79. The number of carbonyl (C=O) groups is 1. The lowest BCUT2D eigenvalue weighted by Crippen LogP contribution is -2.42. The summed E-state index contributed by atoms with van der Waals surface area (Å²) in [7, 11) is 1.91. The molecular formula is C15H34N2O. The fraction of sp³-hybridized carbons (Fsp3) is 0.933. The molecule has 3 heteroatoms. The Bertz CT molecular complexity index is 195. The molecule has 0 bridgehead atoms. The summed E-state index contributed by atoms with van der Waals surface area (Å²) in [5.74, 6) is 0.914. The van der Waals surface area contributed by atoms with Gasteiger partial charge in [0.25, 0.3) is 0 Å². The largest absolute Gasteiger partial charge is 0.344 e. The Kier molecular flexibility index (Phi) is 14.1. The van der Waals surface area contributed by atoms with Gasteiger partial charge < -0.3 is 10.2 Å². The Labute approximate surface area is 114 Å². The van der Waals surface area contributed by atoms with Crippen LogP contribution in [0, 0.1) is 5.92 Å². The molecule has 2 saturated heterocycles. The number of hydrogen-bond donors (Lipinski definition) is 1. The molecule has 1 N–H and O–H groups in total. The van der Waals surface area contributed by atoms with E-state index in [0.717, 1.165) is 13.1 Å². The maximum absolute atomic E-state index is 11.7. The van der Waals surface area contributed by atoms with E-state index in [-0.39, 0.29) is 6.04 Å². The third-order valence-electron chi connectivity index (χ3n) is 3.06. The van der Waals surface area contributed by atoms with Crippen LogP contribution in [0.3, 0.4) is 0 Å². The smallest absolute Gasteiger partial charge is 0.239 e. The van der Waals surface area contributed by atoms with Crippen molar-refractivity contribution in [2.24, 2.45) is 5.92 Å². The fourth-order valence-electron chi connectivity index (χ4n) is 2.30. The average Bonchev–Trinajstić information content (AvgIpc) is 2.88. The number of nitrogens with zero attached hydrogens (tertiary/aromatic N) is 1. The number of carbonyl (C=O) groups excluding carboxylic acids is 1. The van der Waals surface area contributed by atoms with Gasteiger partial charge in [-0.15, -0.1) is 0 Å². The summed E-state index contributed by atoms with van der Waals surface area (Å²) in [6, 6.07) is 0.137. The first kappa shape index (κ1) is 19.8. The van der Waals surface area contributed by atoms with E-state index in [9.17, 15) is 4.79 Å². The molecule has 0 aromatic heterocycles. The molecule has 0 saturated carbocycles. The number of likely N-dealkylation sites (N-methyl/N-ethyl adjacent to an activating group) is 1. The quantitative estimate of drug-likeness (QED) is 0.723. The van der Waals surface area contributed by atoms with Gasteiger partial charge in [-0.1, -0.05) is 41.5 Å². The maximum Gasteiger partial charge on any atom is 0.239 e. The van der Waals surface area contributed by atoms with Crippen molar-refractivity contribution >= 4 is 5.91 Å². The van der Waals surface area contributed by atoms with Gasteiger partial charge in [-0.05, 0) is 31.7 Å². The molecule has 18 heavy (non-hydrogen) atoms. The van der Waals surface area contributed by atoms with Gasteiger partial charge in [0, 0.05) is 13.6 Å². The first-order valence-electron chi connectivity index (χ1n) is 7.77. The van der Waals surface area contributed by atoms with Crippen LogP contribution in [0.2, 0.25) is 0 Å². The lowest BCUT2D eigenvalue weighted by molar-refractivity contribution is -0.131. The Morgan fingerprint density at radius 2 is 1.61 bits per heavy atom. The van der Waals surface area contributed by atoms with Crippen LogP contribution in [-0.2, 0) is 4.79 Å². The Balaban J connectivity index is 0. The fourth-order valence-corrected chi connectivity index (χ4v) is 2.30. The Hall–Kier alpha value is -0.570. The number of rotatable bonds is 0. The van der Waals surface area contributed by atoms with Crippen LogP contribution >= 0.6 is 0 Å². The molecule has 2 fully saturated rings. The van der Waals surface area contributed by atoms with Gasteiger partial charge in [0.05, 0.1) is 6.04 Å². The number of hydrogen-bond acceptors (Lipinski definition) is 2. The van der Waals surface area contributed by atoms with Crippen molar-refractivity contribution in [2.45, 2.75) is 66.8 Å². The third-order valence-corrected chi connectivity index (χ3v) is 3.06. The molecule has 1 amide bonds. The van der Waals surface area contributed by atoms with Crippen molar-refractivity contribution in [3.63, 3.8) is 0 Å². The van der Waals surface area contributed by atoms with Crippen molar-refractivity contribution in [3.05, 3.63) is 0 Å². The highest BCUT2D eigenvalue weighted by molar-refractivity contribution is 5.82. The molecule has 0 aliphatic carbocycles. The number of amides is 1. The number of fused-ring (bicyclic) bond motifs is 1. The molecule has 2 heterocycles. The number of likely N-dealkylation sites (tertiary alicyclic amines) is 1. The second kappa shape index (κ2) is 12.9. The van der Waals surface area contributed by atoms with Crippen LogP contribution in [0.5, 0.6) is 0 Å². The van der Waals surface area contributed by atoms with Gasteiger partial charge in [0.15, 0.2) is 0 Å². The van der Waals surface area contributed by atoms with E-state index in [0.29, 0.717) is 11.8 Å². The van der Waals surface area contributed by atoms with E-state index in [1.165, 1.54) is 19.3 Å². The molecular weight excluding hydrogens is 224 g/mol. The van der Waals surface area contributed by atoms with Gasteiger partial charge in [0.2, 0.25) is 5.91 Å². The van der Waals surface area contributed by atoms with Crippen molar-refractivity contribution in [2.75, 3.05) is 20.1 Å². The summed E-state index contributed by atoms with van der Waals surface area (Å²) < 4.78 is 0. The van der Waals surface area contributed by atoms with Gasteiger partial charge in [0.1, 0.15) is 0 Å². The molecule has 2 atom stereocenters. The van der Waals surface area contributed by atoms with Crippen LogP contribution in [0.4, 0.5) is 0 Å². The minimum atomic E-state index is 0.137. The van der Waals surface area contributed by atoms with E-state index in [1.54, 1.807) is 0 Å². The molecule has 110 valence electrons. The van der Waals surface area contributed by atoms with E-state index in [2.05, 4.69) is 5.32 Å². The van der Waals surface area contributed by atoms with Crippen LogP contribution in [0.25, 0.3) is 0 Å². The molecule has 0 radical (unpaired) electrons. The van der Waals surface area contributed by atoms with Gasteiger partial charge in [-0.2, -0.15) is 0 Å². The lowest BCUT2D eigenvalue weighted by atomic mass is 9.96. The molecule has 2 rings (SSSR count). The van der Waals surface area contributed by atoms with Crippen molar-refractivity contribution in [1.82, 2.24) is 10.2 Å². The van der Waals surface area contributed by atoms with E-state index in [1.807, 2.05) is 53.5 Å². The summed E-state index contributed by atoms with van der Waals surface area (Å²) in [6.45, 7) is 14.0. The third kappa shape index (κ3) is 5.85. The minimum absolute atomic E-state index is 0.137. The van der Waals surface area contributed by atoms with Crippen LogP contribution < -0.4 is 5.32 Å². The van der Waals surface area contributed by atoms with Crippen molar-refractivity contribution in [1.29, 1.82) is 0 Å². The maximum atomic E-state index is 11.7. The summed E-state index contributed by atoms with van der Waals surface area (Å²) in [6.07, 6.45) is 3.57. The first-order valence-corrected chi connectivity index (χ1v) is 7.77. The van der Waals surface area contributed by atoms with Crippen LogP contribution in [-0.4, -0.2) is 37.0 Å². The lowest BCUT2D eigenvalue weighted by Gasteiger charge is -2.19. The molecule has 0 spiro atoms. The Morgan fingerprint density at radius 1 is 1.06 bits per heavy atom. The van der Waals surface area contributed by atoms with Crippen molar-refractivity contribution < 1.29 is 4.79 Å². The zero-order valence-electron chi connectivity index (χ0n) is 13.5.